The molecule has 4 aliphatic carbocycles. The van der Waals surface area contributed by atoms with Crippen molar-refractivity contribution in [3.8, 4) is 11.1 Å². The molecule has 2 bridgehead atoms. The summed E-state index contributed by atoms with van der Waals surface area (Å²) in [6.07, 6.45) is 1.02. The van der Waals surface area contributed by atoms with Crippen molar-refractivity contribution < 1.29 is 19.4 Å². The first-order chi connectivity index (χ1) is 14.7. The first-order valence-electron chi connectivity index (χ1n) is 11.1. The average Bonchev–Trinajstić information content (AvgIpc) is 3.05. The monoisotopic (exact) mass is 419 g/mol. The molecule has 6 rings (SSSR count). The standard InChI is InChI=1S/C26H29NO4/c1-25(2)15-12-21(23(28)29)26(3,22(25)13-15)27-24(30)31-14-20-18-10-6-4-8-16(18)17-9-5-7-11-19(17)20/h4-11,15,20-22H,12-14H2,1-3H3,(H,27,30)(H,28,29)/t15-,21+,22+,26-/m0/s1. The number of carbonyl (C=O) groups excluding carboxylic acids is 1. The summed E-state index contributed by atoms with van der Waals surface area (Å²) >= 11 is 0. The minimum atomic E-state index is -0.841. The molecule has 31 heavy (non-hydrogen) atoms. The van der Waals surface area contributed by atoms with Crippen LogP contribution >= 0.6 is 0 Å². The van der Waals surface area contributed by atoms with E-state index < -0.39 is 23.5 Å². The number of carboxylic acid groups (broad SMARTS) is 1. The predicted molar refractivity (Wildman–Crippen MR) is 118 cm³/mol. The van der Waals surface area contributed by atoms with Crippen molar-refractivity contribution in [1.29, 1.82) is 0 Å². The van der Waals surface area contributed by atoms with Gasteiger partial charge in [-0.25, -0.2) is 4.79 Å². The summed E-state index contributed by atoms with van der Waals surface area (Å²) in [6, 6.07) is 16.4. The number of nitrogens with one attached hydrogen (secondary N) is 1. The van der Waals surface area contributed by atoms with Gasteiger partial charge in [-0.05, 0) is 59.3 Å². The van der Waals surface area contributed by atoms with Gasteiger partial charge in [0.1, 0.15) is 6.61 Å². The number of aliphatic carboxylic acids is 1. The molecule has 2 aromatic rings. The van der Waals surface area contributed by atoms with Crippen LogP contribution in [0.4, 0.5) is 4.79 Å². The minimum Gasteiger partial charge on any atom is -0.481 e. The van der Waals surface area contributed by atoms with Gasteiger partial charge in [0.25, 0.3) is 0 Å². The van der Waals surface area contributed by atoms with Crippen LogP contribution in [0.2, 0.25) is 0 Å². The molecule has 0 saturated heterocycles. The third-order valence-electron chi connectivity index (χ3n) is 8.45. The van der Waals surface area contributed by atoms with Gasteiger partial charge < -0.3 is 15.2 Å². The van der Waals surface area contributed by atoms with E-state index in [0.29, 0.717) is 12.3 Å². The molecule has 2 N–H and O–H groups in total. The lowest BCUT2D eigenvalue weighted by atomic mass is 9.41. The number of rotatable bonds is 4. The van der Waals surface area contributed by atoms with E-state index in [-0.39, 0.29) is 23.9 Å². The molecule has 0 spiro atoms. The van der Waals surface area contributed by atoms with E-state index >= 15 is 0 Å². The van der Waals surface area contributed by atoms with Gasteiger partial charge in [0, 0.05) is 5.92 Å². The Hall–Kier alpha value is -2.82. The third-order valence-corrected chi connectivity index (χ3v) is 8.45. The van der Waals surface area contributed by atoms with E-state index in [2.05, 4.69) is 43.4 Å². The third kappa shape index (κ3) is 2.89. The van der Waals surface area contributed by atoms with Crippen LogP contribution in [-0.2, 0) is 9.53 Å². The molecular weight excluding hydrogens is 390 g/mol. The van der Waals surface area contributed by atoms with Crippen LogP contribution in [0.15, 0.2) is 48.5 Å². The molecule has 0 unspecified atom stereocenters. The van der Waals surface area contributed by atoms with E-state index in [4.69, 9.17) is 4.74 Å². The van der Waals surface area contributed by atoms with Crippen LogP contribution < -0.4 is 5.32 Å². The van der Waals surface area contributed by atoms with Gasteiger partial charge in [-0.15, -0.1) is 0 Å². The lowest BCUT2D eigenvalue weighted by Gasteiger charge is -2.66. The average molecular weight is 420 g/mol. The maximum absolute atomic E-state index is 12.9. The van der Waals surface area contributed by atoms with Gasteiger partial charge in [0.2, 0.25) is 0 Å². The van der Waals surface area contributed by atoms with Crippen molar-refractivity contribution in [3.05, 3.63) is 59.7 Å². The molecule has 3 saturated carbocycles. The van der Waals surface area contributed by atoms with E-state index in [1.807, 2.05) is 31.2 Å². The Bertz CT molecular complexity index is 1020. The van der Waals surface area contributed by atoms with Gasteiger partial charge in [-0.3, -0.25) is 4.79 Å². The Morgan fingerprint density at radius 1 is 1.00 bits per heavy atom. The van der Waals surface area contributed by atoms with Crippen molar-refractivity contribution >= 4 is 12.1 Å². The van der Waals surface area contributed by atoms with Crippen LogP contribution in [0.1, 0.15) is 50.7 Å². The lowest BCUT2D eigenvalue weighted by Crippen LogP contribution is -2.71. The molecule has 162 valence electrons. The summed E-state index contributed by atoms with van der Waals surface area (Å²) in [4.78, 5) is 24.9. The zero-order valence-electron chi connectivity index (χ0n) is 18.2. The maximum Gasteiger partial charge on any atom is 0.407 e. The van der Waals surface area contributed by atoms with Gasteiger partial charge >= 0.3 is 12.1 Å². The number of benzene rings is 2. The van der Waals surface area contributed by atoms with Crippen molar-refractivity contribution in [2.75, 3.05) is 6.61 Å². The number of carboxylic acids is 1. The van der Waals surface area contributed by atoms with Crippen molar-refractivity contribution in [3.63, 3.8) is 0 Å². The highest BCUT2D eigenvalue weighted by molar-refractivity contribution is 5.79. The summed E-state index contributed by atoms with van der Waals surface area (Å²) < 4.78 is 5.73. The van der Waals surface area contributed by atoms with Crippen LogP contribution in [0.25, 0.3) is 11.1 Å². The smallest absolute Gasteiger partial charge is 0.407 e. The molecule has 0 radical (unpaired) electrons. The van der Waals surface area contributed by atoms with Crippen LogP contribution in [-0.4, -0.2) is 29.3 Å². The summed E-state index contributed by atoms with van der Waals surface area (Å²) in [7, 11) is 0. The van der Waals surface area contributed by atoms with Gasteiger partial charge in [-0.2, -0.15) is 0 Å². The maximum atomic E-state index is 12.9. The zero-order chi connectivity index (χ0) is 22.0. The molecule has 3 fully saturated rings. The van der Waals surface area contributed by atoms with Crippen LogP contribution in [0.3, 0.4) is 0 Å². The molecule has 5 nitrogen and oxygen atoms in total. The Kier molecular flexibility index (Phi) is 4.44. The molecule has 2 aromatic carbocycles. The molecule has 5 heteroatoms. The second kappa shape index (κ2) is 6.84. The highest BCUT2D eigenvalue weighted by Gasteiger charge is 2.65. The Morgan fingerprint density at radius 2 is 1.58 bits per heavy atom. The van der Waals surface area contributed by atoms with E-state index in [1.165, 1.54) is 11.1 Å². The van der Waals surface area contributed by atoms with E-state index in [1.54, 1.807) is 0 Å². The summed E-state index contributed by atoms with van der Waals surface area (Å²) in [5, 5.41) is 12.8. The molecule has 4 atom stereocenters. The van der Waals surface area contributed by atoms with Crippen LogP contribution in [0, 0.1) is 23.2 Å². The largest absolute Gasteiger partial charge is 0.481 e. The van der Waals surface area contributed by atoms with Crippen LogP contribution in [0.5, 0.6) is 0 Å². The highest BCUT2D eigenvalue weighted by Crippen LogP contribution is 2.64. The molecule has 4 aliphatic rings. The molecular formula is C26H29NO4. The fraction of sp³-hybridized carbons (Fsp3) is 0.462. The lowest BCUT2D eigenvalue weighted by molar-refractivity contribution is -0.177. The molecule has 0 heterocycles. The number of alkyl carbamates (subject to hydrolysis) is 1. The quantitative estimate of drug-likeness (QED) is 0.727. The Labute approximate surface area is 182 Å². The number of hydrogen-bond donors (Lipinski definition) is 2. The number of amides is 1. The number of hydrogen-bond acceptors (Lipinski definition) is 3. The first kappa shape index (κ1) is 20.1. The normalized spacial score (nSPS) is 30.0. The fourth-order valence-corrected chi connectivity index (χ4v) is 6.59. The van der Waals surface area contributed by atoms with Crippen molar-refractivity contribution in [2.24, 2.45) is 23.2 Å². The fourth-order valence-electron chi connectivity index (χ4n) is 6.59. The number of carbonyl (C=O) groups is 2. The summed E-state index contributed by atoms with van der Waals surface area (Å²) in [5.74, 6) is -0.926. The van der Waals surface area contributed by atoms with Crippen molar-refractivity contribution in [2.45, 2.75) is 45.1 Å². The SMILES string of the molecule is CC1(C)[C@H]2C[C@H](C(=O)O)[C@](C)(NC(=O)OCC3c4ccccc4-c4ccccc43)[C@@H]1C2. The topological polar surface area (TPSA) is 75.6 Å². The molecule has 0 aromatic heterocycles. The Morgan fingerprint density at radius 3 is 2.13 bits per heavy atom. The molecule has 1 amide bonds. The number of fused-ring (bicyclic) bond motifs is 5. The second-order valence-electron chi connectivity index (χ2n) is 10.2. The Balaban J connectivity index is 1.34. The highest BCUT2D eigenvalue weighted by atomic mass is 16.5. The summed E-state index contributed by atoms with van der Waals surface area (Å²) in [5.41, 5.74) is 3.89. The zero-order valence-corrected chi connectivity index (χ0v) is 18.2. The number of ether oxygens (including phenoxy) is 1. The van der Waals surface area contributed by atoms with Gasteiger partial charge in [-0.1, -0.05) is 62.4 Å². The van der Waals surface area contributed by atoms with Gasteiger partial charge in [0.05, 0.1) is 11.5 Å². The minimum absolute atomic E-state index is 0.0166. The second-order valence-corrected chi connectivity index (χ2v) is 10.2. The van der Waals surface area contributed by atoms with Gasteiger partial charge in [0.15, 0.2) is 0 Å². The molecule has 0 aliphatic heterocycles. The van der Waals surface area contributed by atoms with E-state index in [9.17, 15) is 14.7 Å². The summed E-state index contributed by atoms with van der Waals surface area (Å²) in [6.45, 7) is 6.47. The predicted octanol–water partition coefficient (Wildman–Crippen LogP) is 5.05. The first-order valence-corrected chi connectivity index (χ1v) is 11.1. The van der Waals surface area contributed by atoms with E-state index in [0.717, 1.165) is 17.5 Å². The van der Waals surface area contributed by atoms with Crippen molar-refractivity contribution in [1.82, 2.24) is 5.32 Å².